The standard InChI is InChI=1S/C20H20N4O2/c1-12-8-16-18(10-24(12)20(25)13-2-3-13)22-11-23-19(16)26-15-4-5-17-14(9-15)6-7-21-17/h4-7,9,11-13,21H,2-3,8,10H2,1H3/t12-/m0/s1. The molecule has 1 atom stereocenters. The van der Waals surface area contributed by atoms with Gasteiger partial charge in [0, 0.05) is 34.6 Å². The van der Waals surface area contributed by atoms with Crippen LogP contribution in [0.1, 0.15) is 31.0 Å². The van der Waals surface area contributed by atoms with E-state index < -0.39 is 0 Å². The SMILES string of the molecule is C[C@H]1Cc2c(ncnc2Oc2ccc3[nH]ccc3c2)CN1C(=O)C1CC1. The highest BCUT2D eigenvalue weighted by molar-refractivity contribution is 5.82. The maximum atomic E-state index is 12.5. The van der Waals surface area contributed by atoms with E-state index in [9.17, 15) is 4.79 Å². The van der Waals surface area contributed by atoms with Crippen LogP contribution in [-0.4, -0.2) is 31.8 Å². The smallest absolute Gasteiger partial charge is 0.226 e. The fraction of sp³-hybridized carbons (Fsp3) is 0.350. The van der Waals surface area contributed by atoms with Crippen LogP contribution in [0.4, 0.5) is 0 Å². The van der Waals surface area contributed by atoms with Crippen LogP contribution >= 0.6 is 0 Å². The van der Waals surface area contributed by atoms with Gasteiger partial charge in [0.25, 0.3) is 0 Å². The minimum absolute atomic E-state index is 0.135. The molecule has 6 heteroatoms. The third-order valence-electron chi connectivity index (χ3n) is 5.30. The van der Waals surface area contributed by atoms with E-state index >= 15 is 0 Å². The van der Waals surface area contributed by atoms with Crippen molar-refractivity contribution in [2.45, 2.75) is 38.8 Å². The van der Waals surface area contributed by atoms with E-state index in [4.69, 9.17) is 4.74 Å². The van der Waals surface area contributed by atoms with Gasteiger partial charge in [-0.2, -0.15) is 0 Å². The number of benzene rings is 1. The van der Waals surface area contributed by atoms with E-state index in [0.717, 1.165) is 47.2 Å². The van der Waals surface area contributed by atoms with Crippen molar-refractivity contribution < 1.29 is 9.53 Å². The molecule has 1 fully saturated rings. The fourth-order valence-electron chi connectivity index (χ4n) is 3.65. The Kier molecular flexibility index (Phi) is 3.45. The molecule has 1 aliphatic carbocycles. The Bertz CT molecular complexity index is 992. The van der Waals surface area contributed by atoms with E-state index in [1.54, 1.807) is 0 Å². The summed E-state index contributed by atoms with van der Waals surface area (Å²) in [4.78, 5) is 26.4. The molecule has 5 rings (SSSR count). The third kappa shape index (κ3) is 2.62. The highest BCUT2D eigenvalue weighted by atomic mass is 16.5. The van der Waals surface area contributed by atoms with Crippen LogP contribution in [0, 0.1) is 5.92 Å². The first-order valence-electron chi connectivity index (χ1n) is 9.07. The first-order valence-corrected chi connectivity index (χ1v) is 9.07. The van der Waals surface area contributed by atoms with Gasteiger partial charge in [0.1, 0.15) is 12.1 Å². The van der Waals surface area contributed by atoms with Crippen molar-refractivity contribution in [2.24, 2.45) is 5.92 Å². The van der Waals surface area contributed by atoms with Crippen LogP contribution in [0.15, 0.2) is 36.8 Å². The summed E-state index contributed by atoms with van der Waals surface area (Å²) in [7, 11) is 0. The van der Waals surface area contributed by atoms with Gasteiger partial charge in [-0.1, -0.05) is 0 Å². The molecule has 132 valence electrons. The minimum atomic E-state index is 0.135. The van der Waals surface area contributed by atoms with Crippen molar-refractivity contribution in [2.75, 3.05) is 0 Å². The lowest BCUT2D eigenvalue weighted by Crippen LogP contribution is -2.43. The van der Waals surface area contributed by atoms with E-state index in [2.05, 4.69) is 21.9 Å². The van der Waals surface area contributed by atoms with Gasteiger partial charge in [-0.3, -0.25) is 4.79 Å². The van der Waals surface area contributed by atoms with Crippen LogP contribution in [0.2, 0.25) is 0 Å². The van der Waals surface area contributed by atoms with Gasteiger partial charge in [0.15, 0.2) is 0 Å². The van der Waals surface area contributed by atoms with E-state index in [1.165, 1.54) is 6.33 Å². The molecule has 0 spiro atoms. The number of fused-ring (bicyclic) bond motifs is 2. The Hall–Kier alpha value is -2.89. The number of H-pyrrole nitrogens is 1. The summed E-state index contributed by atoms with van der Waals surface area (Å²) >= 11 is 0. The van der Waals surface area contributed by atoms with Gasteiger partial charge in [-0.15, -0.1) is 0 Å². The summed E-state index contributed by atoms with van der Waals surface area (Å²) < 4.78 is 6.09. The lowest BCUT2D eigenvalue weighted by atomic mass is 9.99. The molecule has 1 N–H and O–H groups in total. The molecule has 0 saturated heterocycles. The monoisotopic (exact) mass is 348 g/mol. The number of ether oxygens (including phenoxy) is 1. The average molecular weight is 348 g/mol. The Balaban J connectivity index is 1.44. The van der Waals surface area contributed by atoms with Crippen LogP contribution in [0.25, 0.3) is 10.9 Å². The Labute approximate surface area is 151 Å². The number of hydrogen-bond donors (Lipinski definition) is 1. The highest BCUT2D eigenvalue weighted by Gasteiger charge is 2.38. The zero-order valence-electron chi connectivity index (χ0n) is 14.6. The van der Waals surface area contributed by atoms with Crippen molar-refractivity contribution in [1.82, 2.24) is 19.9 Å². The summed E-state index contributed by atoms with van der Waals surface area (Å²) in [5.41, 5.74) is 2.98. The predicted molar refractivity (Wildman–Crippen MR) is 96.8 cm³/mol. The number of hydrogen-bond acceptors (Lipinski definition) is 4. The predicted octanol–water partition coefficient (Wildman–Crippen LogP) is 3.43. The Morgan fingerprint density at radius 1 is 1.27 bits per heavy atom. The van der Waals surface area contributed by atoms with E-state index in [-0.39, 0.29) is 17.9 Å². The van der Waals surface area contributed by atoms with Crippen molar-refractivity contribution in [3.8, 4) is 11.6 Å². The van der Waals surface area contributed by atoms with Gasteiger partial charge < -0.3 is 14.6 Å². The van der Waals surface area contributed by atoms with E-state index in [0.29, 0.717) is 12.4 Å². The van der Waals surface area contributed by atoms with Crippen LogP contribution in [0.3, 0.4) is 0 Å². The first-order chi connectivity index (χ1) is 12.7. The van der Waals surface area contributed by atoms with E-state index in [1.807, 2.05) is 35.4 Å². The summed E-state index contributed by atoms with van der Waals surface area (Å²) in [5, 5.41) is 1.10. The molecule has 6 nitrogen and oxygen atoms in total. The molecule has 26 heavy (non-hydrogen) atoms. The zero-order valence-corrected chi connectivity index (χ0v) is 14.6. The van der Waals surface area contributed by atoms with Crippen LogP contribution in [0.5, 0.6) is 11.6 Å². The Morgan fingerprint density at radius 2 is 2.15 bits per heavy atom. The number of aromatic nitrogens is 3. The lowest BCUT2D eigenvalue weighted by Gasteiger charge is -2.34. The van der Waals surface area contributed by atoms with Gasteiger partial charge >= 0.3 is 0 Å². The highest BCUT2D eigenvalue weighted by Crippen LogP contribution is 2.36. The number of nitrogens with zero attached hydrogens (tertiary/aromatic N) is 3. The second-order valence-corrected chi connectivity index (χ2v) is 7.23. The average Bonchev–Trinajstić information content (AvgIpc) is 3.39. The fourth-order valence-corrected chi connectivity index (χ4v) is 3.65. The van der Waals surface area contributed by atoms with Crippen molar-refractivity contribution in [3.05, 3.63) is 48.0 Å². The molecule has 2 aromatic heterocycles. The summed E-state index contributed by atoms with van der Waals surface area (Å²) in [6, 6.07) is 8.08. The molecule has 1 aromatic carbocycles. The van der Waals surface area contributed by atoms with Crippen molar-refractivity contribution >= 4 is 16.8 Å². The normalized spacial score (nSPS) is 19.4. The van der Waals surface area contributed by atoms with Gasteiger partial charge in [-0.05, 0) is 50.5 Å². The van der Waals surface area contributed by atoms with Crippen LogP contribution in [-0.2, 0) is 17.8 Å². The third-order valence-corrected chi connectivity index (χ3v) is 5.30. The number of nitrogens with one attached hydrogen (secondary N) is 1. The number of amides is 1. The molecule has 1 amide bonds. The van der Waals surface area contributed by atoms with Gasteiger partial charge in [0.05, 0.1) is 12.2 Å². The topological polar surface area (TPSA) is 71.1 Å². The number of carbonyl (C=O) groups excluding carboxylic acids is 1. The number of aromatic amines is 1. The van der Waals surface area contributed by atoms with Crippen molar-refractivity contribution in [1.29, 1.82) is 0 Å². The quantitative estimate of drug-likeness (QED) is 0.787. The van der Waals surface area contributed by atoms with Crippen LogP contribution < -0.4 is 4.74 Å². The largest absolute Gasteiger partial charge is 0.439 e. The summed E-state index contributed by atoms with van der Waals surface area (Å²) in [6.45, 7) is 2.63. The maximum absolute atomic E-state index is 12.5. The molecular weight excluding hydrogens is 328 g/mol. The second-order valence-electron chi connectivity index (χ2n) is 7.23. The molecule has 1 saturated carbocycles. The Morgan fingerprint density at radius 3 is 3.00 bits per heavy atom. The number of rotatable bonds is 3. The molecule has 2 aliphatic rings. The first kappa shape index (κ1) is 15.4. The summed E-state index contributed by atoms with van der Waals surface area (Å²) in [6.07, 6.45) is 6.20. The molecule has 3 heterocycles. The molecule has 1 aliphatic heterocycles. The van der Waals surface area contributed by atoms with Gasteiger partial charge in [-0.25, -0.2) is 9.97 Å². The molecule has 0 unspecified atom stereocenters. The molecule has 3 aromatic rings. The maximum Gasteiger partial charge on any atom is 0.226 e. The summed E-state index contributed by atoms with van der Waals surface area (Å²) in [5.74, 6) is 1.84. The molecular formula is C20H20N4O2. The molecule has 0 bridgehead atoms. The number of carbonyl (C=O) groups is 1. The van der Waals surface area contributed by atoms with Crippen molar-refractivity contribution in [3.63, 3.8) is 0 Å². The molecule has 0 radical (unpaired) electrons. The van der Waals surface area contributed by atoms with Gasteiger partial charge in [0.2, 0.25) is 11.8 Å². The second kappa shape index (κ2) is 5.83. The zero-order chi connectivity index (χ0) is 17.7. The lowest BCUT2D eigenvalue weighted by molar-refractivity contribution is -0.135. The minimum Gasteiger partial charge on any atom is -0.439 e.